The molecule has 0 radical (unpaired) electrons. The number of nitrogens with one attached hydrogen (secondary N) is 1. The van der Waals surface area contributed by atoms with Crippen LogP contribution in [0.5, 0.6) is 0 Å². The van der Waals surface area contributed by atoms with Crippen LogP contribution in [0.2, 0.25) is 5.02 Å². The molecule has 0 saturated heterocycles. The first-order valence-electron chi connectivity index (χ1n) is 11.1. The normalized spacial score (nSPS) is 11.8. The third-order valence-electron chi connectivity index (χ3n) is 5.41. The molecule has 6 nitrogen and oxygen atoms in total. The maximum atomic E-state index is 9.93. The third kappa shape index (κ3) is 5.07. The second-order valence-electron chi connectivity index (χ2n) is 7.86. The maximum Gasteiger partial charge on any atom is 0.216 e. The van der Waals surface area contributed by atoms with Crippen molar-refractivity contribution in [2.24, 2.45) is 4.99 Å². The van der Waals surface area contributed by atoms with Crippen molar-refractivity contribution in [2.75, 3.05) is 6.54 Å². The van der Waals surface area contributed by atoms with Crippen LogP contribution in [0.15, 0.2) is 77.8 Å². The molecule has 0 unspecified atom stereocenters. The van der Waals surface area contributed by atoms with Crippen molar-refractivity contribution in [3.05, 3.63) is 101 Å². The van der Waals surface area contributed by atoms with Crippen LogP contribution in [0, 0.1) is 6.92 Å². The van der Waals surface area contributed by atoms with Crippen molar-refractivity contribution in [1.29, 1.82) is 0 Å². The number of halogens is 1. The summed E-state index contributed by atoms with van der Waals surface area (Å²) >= 11 is 6.10. The second kappa shape index (κ2) is 10.4. The van der Waals surface area contributed by atoms with Crippen LogP contribution in [-0.4, -0.2) is 32.9 Å². The predicted octanol–water partition coefficient (Wildman–Crippen LogP) is 5.39. The van der Waals surface area contributed by atoms with Crippen LogP contribution < -0.4 is 5.32 Å². The number of hydrogen-bond acceptors (Lipinski definition) is 4. The second-order valence-corrected chi connectivity index (χ2v) is 8.29. The van der Waals surface area contributed by atoms with E-state index in [0.29, 0.717) is 11.6 Å². The summed E-state index contributed by atoms with van der Waals surface area (Å²) in [4.78, 5) is 14.8. The molecule has 7 heteroatoms. The lowest BCUT2D eigenvalue weighted by Gasteiger charge is -2.14. The molecule has 1 aromatic heterocycles. The van der Waals surface area contributed by atoms with E-state index in [1.54, 1.807) is 0 Å². The topological polar surface area (TPSA) is 72.2 Å². The molecule has 172 valence electrons. The average molecular weight is 472 g/mol. The minimum Gasteiger partial charge on any atom is -0.357 e. The standard InChI is InChI=1S/C23H17ClN4.C4H9NO/c1-15-26-27-22-14-25-23(17-7-10-19(24)11-8-17)20-13-18(9-12-21(20)28(15)22)16-5-3-2-4-6-16;1-3-5-4(2)6/h2-13H,14H2,1H3;3H2,1-2H3,(H,5,6). The fraction of sp³-hybridized carbons (Fsp3) is 0.185. The number of carbonyl (C=O) groups excluding carboxylic acids is 1. The van der Waals surface area contributed by atoms with E-state index in [2.05, 4.69) is 62.5 Å². The number of benzene rings is 3. The summed E-state index contributed by atoms with van der Waals surface area (Å²) < 4.78 is 2.09. The van der Waals surface area contributed by atoms with Crippen molar-refractivity contribution < 1.29 is 4.79 Å². The van der Waals surface area contributed by atoms with Crippen molar-refractivity contribution in [3.8, 4) is 16.8 Å². The average Bonchev–Trinajstić information content (AvgIpc) is 3.12. The number of rotatable bonds is 3. The molecule has 2 heterocycles. The van der Waals surface area contributed by atoms with Gasteiger partial charge in [0.1, 0.15) is 12.4 Å². The molecule has 1 aliphatic heterocycles. The van der Waals surface area contributed by atoms with Crippen molar-refractivity contribution in [1.82, 2.24) is 20.1 Å². The summed E-state index contributed by atoms with van der Waals surface area (Å²) in [6.07, 6.45) is 0. The zero-order chi connectivity index (χ0) is 24.1. The van der Waals surface area contributed by atoms with E-state index in [1.807, 2.05) is 44.2 Å². The first-order valence-corrected chi connectivity index (χ1v) is 11.5. The van der Waals surface area contributed by atoms with Gasteiger partial charge in [-0.25, -0.2) is 0 Å². The van der Waals surface area contributed by atoms with Crippen LogP contribution >= 0.6 is 11.6 Å². The first kappa shape index (κ1) is 23.4. The Bertz CT molecular complexity index is 1330. The van der Waals surface area contributed by atoms with E-state index >= 15 is 0 Å². The van der Waals surface area contributed by atoms with Gasteiger partial charge in [0.25, 0.3) is 0 Å². The first-order chi connectivity index (χ1) is 16.5. The summed E-state index contributed by atoms with van der Waals surface area (Å²) in [5.41, 5.74) is 6.40. The molecule has 0 spiro atoms. The Morgan fingerprint density at radius 1 is 0.971 bits per heavy atom. The molecular weight excluding hydrogens is 446 g/mol. The van der Waals surface area contributed by atoms with Crippen LogP contribution in [0.4, 0.5) is 0 Å². The largest absolute Gasteiger partial charge is 0.357 e. The van der Waals surface area contributed by atoms with Gasteiger partial charge in [0, 0.05) is 29.6 Å². The number of hydrogen-bond donors (Lipinski definition) is 1. The zero-order valence-electron chi connectivity index (χ0n) is 19.4. The summed E-state index contributed by atoms with van der Waals surface area (Å²) in [5, 5.41) is 11.9. The van der Waals surface area contributed by atoms with E-state index in [0.717, 1.165) is 46.3 Å². The van der Waals surface area contributed by atoms with Gasteiger partial charge in [-0.3, -0.25) is 14.4 Å². The Morgan fingerprint density at radius 2 is 1.68 bits per heavy atom. The molecule has 1 aliphatic rings. The van der Waals surface area contributed by atoms with E-state index in [9.17, 15) is 4.79 Å². The van der Waals surface area contributed by atoms with E-state index in [4.69, 9.17) is 16.6 Å². The van der Waals surface area contributed by atoms with Gasteiger partial charge in [-0.1, -0.05) is 60.1 Å². The SMILES string of the molecule is CCNC(C)=O.Cc1nnc2n1-c1ccc(-c3ccccc3)cc1C(c1ccc(Cl)cc1)=NC2. The molecule has 4 aromatic rings. The molecule has 0 atom stereocenters. The van der Waals surface area contributed by atoms with Gasteiger partial charge in [0.05, 0.1) is 11.4 Å². The van der Waals surface area contributed by atoms with Crippen LogP contribution in [0.1, 0.15) is 36.6 Å². The maximum absolute atomic E-state index is 9.93. The number of aryl methyl sites for hydroxylation is 1. The number of aromatic nitrogens is 3. The fourth-order valence-electron chi connectivity index (χ4n) is 3.89. The van der Waals surface area contributed by atoms with E-state index in [1.165, 1.54) is 12.5 Å². The van der Waals surface area contributed by atoms with Crippen LogP contribution in [0.25, 0.3) is 16.8 Å². The molecule has 0 bridgehead atoms. The molecule has 5 rings (SSSR count). The lowest BCUT2D eigenvalue weighted by Crippen LogP contribution is -2.18. The van der Waals surface area contributed by atoms with Gasteiger partial charge in [0.2, 0.25) is 5.91 Å². The molecular formula is C27H26ClN5O. The minimum absolute atomic E-state index is 0.0394. The molecule has 3 aromatic carbocycles. The lowest BCUT2D eigenvalue weighted by atomic mass is 9.96. The lowest BCUT2D eigenvalue weighted by molar-refractivity contribution is -0.118. The Morgan fingerprint density at radius 3 is 2.32 bits per heavy atom. The monoisotopic (exact) mass is 471 g/mol. The number of amides is 1. The minimum atomic E-state index is 0.0394. The Kier molecular flexibility index (Phi) is 7.18. The van der Waals surface area contributed by atoms with Gasteiger partial charge in [-0.2, -0.15) is 0 Å². The Hall–Kier alpha value is -3.77. The molecule has 0 fully saturated rings. The van der Waals surface area contributed by atoms with E-state index in [-0.39, 0.29) is 5.91 Å². The molecule has 34 heavy (non-hydrogen) atoms. The fourth-order valence-corrected chi connectivity index (χ4v) is 4.02. The van der Waals surface area contributed by atoms with Gasteiger partial charge in [-0.05, 0) is 49.2 Å². The quantitative estimate of drug-likeness (QED) is 0.435. The summed E-state index contributed by atoms with van der Waals surface area (Å²) in [5.74, 6) is 1.74. The predicted molar refractivity (Wildman–Crippen MR) is 137 cm³/mol. The highest BCUT2D eigenvalue weighted by Crippen LogP contribution is 2.30. The summed E-state index contributed by atoms with van der Waals surface area (Å²) in [6.45, 7) is 6.58. The van der Waals surface area contributed by atoms with Crippen LogP contribution in [-0.2, 0) is 11.3 Å². The molecule has 0 aliphatic carbocycles. The molecule has 0 saturated carbocycles. The highest BCUT2D eigenvalue weighted by Gasteiger charge is 2.22. The van der Waals surface area contributed by atoms with Crippen molar-refractivity contribution in [2.45, 2.75) is 27.3 Å². The van der Waals surface area contributed by atoms with Crippen LogP contribution in [0.3, 0.4) is 0 Å². The van der Waals surface area contributed by atoms with Gasteiger partial charge >= 0.3 is 0 Å². The van der Waals surface area contributed by atoms with E-state index < -0.39 is 0 Å². The smallest absolute Gasteiger partial charge is 0.216 e. The van der Waals surface area contributed by atoms with Crippen molar-refractivity contribution in [3.63, 3.8) is 0 Å². The number of carbonyl (C=O) groups is 1. The number of fused-ring (bicyclic) bond motifs is 3. The highest BCUT2D eigenvalue weighted by atomic mass is 35.5. The summed E-state index contributed by atoms with van der Waals surface area (Å²) in [7, 11) is 0. The number of nitrogens with zero attached hydrogens (tertiary/aromatic N) is 4. The highest BCUT2D eigenvalue weighted by molar-refractivity contribution is 6.30. The third-order valence-corrected chi connectivity index (χ3v) is 5.67. The Labute approximate surface area is 204 Å². The zero-order valence-corrected chi connectivity index (χ0v) is 20.2. The van der Waals surface area contributed by atoms with Gasteiger partial charge < -0.3 is 5.32 Å². The molecule has 1 amide bonds. The summed E-state index contributed by atoms with van der Waals surface area (Å²) in [6, 6.07) is 24.7. The Balaban J connectivity index is 0.000000408. The number of aliphatic imine (C=N–C) groups is 1. The molecule has 1 N–H and O–H groups in total. The van der Waals surface area contributed by atoms with Gasteiger partial charge in [-0.15, -0.1) is 10.2 Å². The van der Waals surface area contributed by atoms with Gasteiger partial charge in [0.15, 0.2) is 5.82 Å². The van der Waals surface area contributed by atoms with Crippen molar-refractivity contribution >= 4 is 23.2 Å².